The predicted molar refractivity (Wildman–Crippen MR) is 92.0 cm³/mol. The zero-order valence-electron chi connectivity index (χ0n) is 10.2. The predicted octanol–water partition coefficient (Wildman–Crippen LogP) is 5.80. The fraction of sp³-hybridized carbons (Fsp3) is 0.200. The van der Waals surface area contributed by atoms with Crippen molar-refractivity contribution in [3.05, 3.63) is 69.2 Å². The third-order valence-corrected chi connectivity index (χ3v) is 4.53. The molecule has 0 heterocycles. The molecule has 1 unspecified atom stereocenters. The van der Waals surface area contributed by atoms with E-state index in [0.717, 1.165) is 19.5 Å². The van der Waals surface area contributed by atoms with Crippen LogP contribution in [0, 0.1) is 0 Å². The van der Waals surface area contributed by atoms with Crippen LogP contribution in [0.2, 0.25) is 5.02 Å². The van der Waals surface area contributed by atoms with Gasteiger partial charge in [-0.25, -0.2) is 0 Å². The normalized spacial score (nSPS) is 12.4. The Bertz CT molecular complexity index is 530. The van der Waals surface area contributed by atoms with Crippen LogP contribution in [0.5, 0.6) is 0 Å². The number of hydrogen-bond donors (Lipinski definition) is 0. The smallest absolute Gasteiger partial charge is 0.0929 e. The average molecular weight is 452 g/mol. The summed E-state index contributed by atoms with van der Waals surface area (Å²) < 4.78 is 8.00. The van der Waals surface area contributed by atoms with E-state index in [1.54, 1.807) is 0 Å². The van der Waals surface area contributed by atoms with E-state index in [2.05, 4.69) is 44.6 Å². The van der Waals surface area contributed by atoms with E-state index in [0.29, 0.717) is 6.61 Å². The summed E-state index contributed by atoms with van der Waals surface area (Å²) in [6.45, 7) is 0.589. The molecule has 0 saturated carbocycles. The van der Waals surface area contributed by atoms with Crippen LogP contribution < -0.4 is 0 Å². The summed E-state index contributed by atoms with van der Waals surface area (Å²) in [6.07, 6.45) is 0.0897. The van der Waals surface area contributed by atoms with E-state index in [4.69, 9.17) is 16.3 Å². The summed E-state index contributed by atoms with van der Waals surface area (Å²) in [7, 11) is 0. The SMILES string of the molecule is Clc1ccc(COC(CI)c2ccccc2Br)cc1. The van der Waals surface area contributed by atoms with Crippen LogP contribution in [-0.2, 0) is 11.3 Å². The van der Waals surface area contributed by atoms with Gasteiger partial charge in [-0.1, -0.05) is 80.5 Å². The van der Waals surface area contributed by atoms with Gasteiger partial charge < -0.3 is 4.74 Å². The number of ether oxygens (including phenoxy) is 1. The van der Waals surface area contributed by atoms with Crippen molar-refractivity contribution in [2.45, 2.75) is 12.7 Å². The first-order valence-electron chi connectivity index (χ1n) is 5.87. The molecule has 1 atom stereocenters. The summed E-state index contributed by atoms with van der Waals surface area (Å²) in [5, 5.41) is 0.750. The zero-order chi connectivity index (χ0) is 13.7. The summed E-state index contributed by atoms with van der Waals surface area (Å²) in [4.78, 5) is 0. The van der Waals surface area contributed by atoms with Gasteiger partial charge in [0.1, 0.15) is 0 Å². The molecule has 0 N–H and O–H groups in total. The molecule has 0 radical (unpaired) electrons. The van der Waals surface area contributed by atoms with Crippen molar-refractivity contribution >= 4 is 50.1 Å². The van der Waals surface area contributed by atoms with Crippen molar-refractivity contribution in [2.24, 2.45) is 0 Å². The molecule has 0 spiro atoms. The Morgan fingerprint density at radius 2 is 1.79 bits per heavy atom. The van der Waals surface area contributed by atoms with Crippen LogP contribution in [0.3, 0.4) is 0 Å². The van der Waals surface area contributed by atoms with Crippen molar-refractivity contribution < 1.29 is 4.74 Å². The molecular weight excluding hydrogens is 438 g/mol. The van der Waals surface area contributed by atoms with Crippen LogP contribution in [0.25, 0.3) is 0 Å². The second-order valence-electron chi connectivity index (χ2n) is 4.10. The highest BCUT2D eigenvalue weighted by molar-refractivity contribution is 14.1. The molecule has 0 fully saturated rings. The standard InChI is InChI=1S/C15H13BrClIO/c16-14-4-2-1-3-13(14)15(9-18)19-10-11-5-7-12(17)8-6-11/h1-8,15H,9-10H2. The molecule has 0 saturated heterocycles. The van der Waals surface area contributed by atoms with Gasteiger partial charge in [0.05, 0.1) is 12.7 Å². The van der Waals surface area contributed by atoms with Gasteiger partial charge >= 0.3 is 0 Å². The first-order valence-corrected chi connectivity index (χ1v) is 8.57. The third-order valence-electron chi connectivity index (χ3n) is 2.76. The van der Waals surface area contributed by atoms with Gasteiger partial charge in [-0.2, -0.15) is 0 Å². The lowest BCUT2D eigenvalue weighted by atomic mass is 10.1. The van der Waals surface area contributed by atoms with Crippen LogP contribution in [0.4, 0.5) is 0 Å². The van der Waals surface area contributed by atoms with E-state index in [-0.39, 0.29) is 6.10 Å². The molecule has 2 aromatic rings. The van der Waals surface area contributed by atoms with E-state index >= 15 is 0 Å². The third kappa shape index (κ3) is 4.45. The van der Waals surface area contributed by atoms with E-state index in [9.17, 15) is 0 Å². The van der Waals surface area contributed by atoms with Crippen molar-refractivity contribution in [1.29, 1.82) is 0 Å². The molecule has 100 valence electrons. The van der Waals surface area contributed by atoms with Crippen LogP contribution in [-0.4, -0.2) is 4.43 Å². The second-order valence-corrected chi connectivity index (χ2v) is 6.27. The highest BCUT2D eigenvalue weighted by atomic mass is 127. The van der Waals surface area contributed by atoms with Crippen LogP contribution in [0.15, 0.2) is 53.0 Å². The number of benzene rings is 2. The van der Waals surface area contributed by atoms with Gasteiger partial charge in [-0.3, -0.25) is 0 Å². The lowest BCUT2D eigenvalue weighted by Crippen LogP contribution is -2.06. The number of hydrogen-bond acceptors (Lipinski definition) is 1. The second kappa shape index (κ2) is 7.62. The van der Waals surface area contributed by atoms with Crippen molar-refractivity contribution in [3.63, 3.8) is 0 Å². The van der Waals surface area contributed by atoms with Crippen molar-refractivity contribution in [2.75, 3.05) is 4.43 Å². The summed E-state index contributed by atoms with van der Waals surface area (Å²) in [5.74, 6) is 0. The maximum absolute atomic E-state index is 6.00. The molecule has 0 bridgehead atoms. The molecule has 0 aliphatic carbocycles. The number of rotatable bonds is 5. The molecule has 2 rings (SSSR count). The van der Waals surface area contributed by atoms with E-state index in [1.807, 2.05) is 42.5 Å². The topological polar surface area (TPSA) is 9.23 Å². The molecule has 19 heavy (non-hydrogen) atoms. The first-order chi connectivity index (χ1) is 9.20. The minimum absolute atomic E-state index is 0.0897. The minimum atomic E-state index is 0.0897. The monoisotopic (exact) mass is 450 g/mol. The molecular formula is C15H13BrClIO. The maximum atomic E-state index is 6.00. The first kappa shape index (κ1) is 15.3. The molecule has 0 aliphatic heterocycles. The van der Waals surface area contributed by atoms with Gasteiger partial charge in [0.25, 0.3) is 0 Å². The fourth-order valence-corrected chi connectivity index (χ4v) is 3.13. The van der Waals surface area contributed by atoms with Gasteiger partial charge in [-0.15, -0.1) is 0 Å². The highest BCUT2D eigenvalue weighted by Crippen LogP contribution is 2.28. The fourth-order valence-electron chi connectivity index (χ4n) is 1.73. The van der Waals surface area contributed by atoms with Gasteiger partial charge in [0, 0.05) is 13.9 Å². The molecule has 0 aromatic heterocycles. The Balaban J connectivity index is 2.04. The molecule has 0 aliphatic rings. The van der Waals surface area contributed by atoms with Crippen LogP contribution >= 0.6 is 50.1 Å². The highest BCUT2D eigenvalue weighted by Gasteiger charge is 2.13. The Kier molecular flexibility index (Phi) is 6.13. The average Bonchev–Trinajstić information content (AvgIpc) is 2.43. The van der Waals surface area contributed by atoms with Crippen molar-refractivity contribution in [3.8, 4) is 0 Å². The van der Waals surface area contributed by atoms with Crippen LogP contribution in [0.1, 0.15) is 17.2 Å². The summed E-state index contributed by atoms with van der Waals surface area (Å²) in [6, 6.07) is 15.9. The van der Waals surface area contributed by atoms with Gasteiger partial charge in [0.15, 0.2) is 0 Å². The Labute approximate surface area is 140 Å². The van der Waals surface area contributed by atoms with Gasteiger partial charge in [-0.05, 0) is 29.3 Å². The zero-order valence-corrected chi connectivity index (χ0v) is 14.7. The number of alkyl halides is 1. The quantitative estimate of drug-likeness (QED) is 0.413. The molecule has 4 heteroatoms. The lowest BCUT2D eigenvalue weighted by Gasteiger charge is -2.17. The summed E-state index contributed by atoms with van der Waals surface area (Å²) >= 11 is 11.8. The maximum Gasteiger partial charge on any atom is 0.0929 e. The molecule has 2 aromatic carbocycles. The number of halogens is 3. The van der Waals surface area contributed by atoms with Crippen molar-refractivity contribution in [1.82, 2.24) is 0 Å². The molecule has 0 amide bonds. The van der Waals surface area contributed by atoms with E-state index < -0.39 is 0 Å². The summed E-state index contributed by atoms with van der Waals surface area (Å²) in [5.41, 5.74) is 2.32. The van der Waals surface area contributed by atoms with E-state index in [1.165, 1.54) is 5.56 Å². The lowest BCUT2D eigenvalue weighted by molar-refractivity contribution is 0.0573. The van der Waals surface area contributed by atoms with Gasteiger partial charge in [0.2, 0.25) is 0 Å². The largest absolute Gasteiger partial charge is 0.368 e. The Hall–Kier alpha value is -0.100. The Morgan fingerprint density at radius 1 is 1.11 bits per heavy atom. The Morgan fingerprint density at radius 3 is 2.42 bits per heavy atom. The minimum Gasteiger partial charge on any atom is -0.368 e. The molecule has 1 nitrogen and oxygen atoms in total.